The van der Waals surface area contributed by atoms with Crippen LogP contribution < -0.4 is 11.1 Å². The largest absolute Gasteiger partial charge is 0.364 e. The van der Waals surface area contributed by atoms with Crippen molar-refractivity contribution < 1.29 is 0 Å². The minimum atomic E-state index is -0.171. The molecule has 3 N–H and O–H groups in total. The second-order valence-electron chi connectivity index (χ2n) is 5.02. The summed E-state index contributed by atoms with van der Waals surface area (Å²) in [7, 11) is 0. The summed E-state index contributed by atoms with van der Waals surface area (Å²) in [5, 5.41) is 4.52. The number of nitrogens with one attached hydrogen (secondary N) is 1. The molecular weight excluding hydrogens is 210 g/mol. The Kier molecular flexibility index (Phi) is 3.03. The van der Waals surface area contributed by atoms with Crippen LogP contribution in [0.25, 0.3) is 10.9 Å². The Morgan fingerprint density at radius 2 is 1.88 bits per heavy atom. The molecule has 0 amide bonds. The number of benzene rings is 1. The van der Waals surface area contributed by atoms with Crippen molar-refractivity contribution in [2.45, 2.75) is 32.4 Å². The maximum absolute atomic E-state index is 5.94. The van der Waals surface area contributed by atoms with Crippen LogP contribution >= 0.6 is 0 Å². The van der Waals surface area contributed by atoms with E-state index >= 15 is 0 Å². The van der Waals surface area contributed by atoms with Gasteiger partial charge in [0.15, 0.2) is 0 Å². The quantitative estimate of drug-likeness (QED) is 0.851. The highest BCUT2D eigenvalue weighted by Gasteiger charge is 2.22. The van der Waals surface area contributed by atoms with Crippen molar-refractivity contribution in [1.82, 2.24) is 4.98 Å². The molecule has 0 fully saturated rings. The third-order valence-electron chi connectivity index (χ3n) is 3.19. The molecule has 2 aromatic rings. The molecule has 90 valence electrons. The van der Waals surface area contributed by atoms with Gasteiger partial charge in [-0.3, -0.25) is 0 Å². The van der Waals surface area contributed by atoms with E-state index in [0.717, 1.165) is 16.7 Å². The lowest BCUT2D eigenvalue weighted by Crippen LogP contribution is -2.47. The van der Waals surface area contributed by atoms with Crippen LogP contribution in [-0.2, 0) is 0 Å². The van der Waals surface area contributed by atoms with E-state index in [1.54, 1.807) is 0 Å². The van der Waals surface area contributed by atoms with E-state index in [0.29, 0.717) is 0 Å². The Labute approximate surface area is 102 Å². The molecule has 1 atom stereocenters. The van der Waals surface area contributed by atoms with Crippen molar-refractivity contribution in [1.29, 1.82) is 0 Å². The van der Waals surface area contributed by atoms with E-state index in [1.807, 2.05) is 31.2 Å². The van der Waals surface area contributed by atoms with Gasteiger partial charge in [-0.05, 0) is 39.0 Å². The number of hydrogen-bond acceptors (Lipinski definition) is 3. The first-order chi connectivity index (χ1) is 7.99. The second kappa shape index (κ2) is 4.34. The zero-order valence-electron chi connectivity index (χ0n) is 10.6. The lowest BCUT2D eigenvalue weighted by atomic mass is 9.97. The lowest BCUT2D eigenvalue weighted by molar-refractivity contribution is 0.469. The summed E-state index contributed by atoms with van der Waals surface area (Å²) in [6, 6.07) is 12.2. The molecule has 3 heteroatoms. The summed E-state index contributed by atoms with van der Waals surface area (Å²) >= 11 is 0. The number of nitrogens with zero attached hydrogens (tertiary/aromatic N) is 1. The molecule has 0 aliphatic heterocycles. The fourth-order valence-electron chi connectivity index (χ4n) is 1.58. The number of fused-ring (bicyclic) bond motifs is 1. The minimum absolute atomic E-state index is 0.0516. The highest BCUT2D eigenvalue weighted by Crippen LogP contribution is 2.19. The van der Waals surface area contributed by atoms with Gasteiger partial charge in [-0.15, -0.1) is 0 Å². The number of para-hydroxylation sites is 1. The first kappa shape index (κ1) is 11.9. The zero-order chi connectivity index (χ0) is 12.5. The summed E-state index contributed by atoms with van der Waals surface area (Å²) in [4.78, 5) is 4.58. The molecule has 0 aliphatic carbocycles. The molecule has 0 saturated carbocycles. The van der Waals surface area contributed by atoms with Crippen molar-refractivity contribution in [3.8, 4) is 0 Å². The molecule has 3 nitrogen and oxygen atoms in total. The maximum atomic E-state index is 5.94. The predicted octanol–water partition coefficient (Wildman–Crippen LogP) is 2.77. The molecule has 0 aliphatic rings. The molecule has 17 heavy (non-hydrogen) atoms. The molecule has 0 saturated heterocycles. The van der Waals surface area contributed by atoms with Crippen LogP contribution in [0.1, 0.15) is 20.8 Å². The molecule has 1 aromatic heterocycles. The SMILES string of the molecule is CC(N)C(C)(C)Nc1ccc2ccccc2n1. The fourth-order valence-corrected chi connectivity index (χ4v) is 1.58. The topological polar surface area (TPSA) is 50.9 Å². The molecule has 1 aromatic carbocycles. The average molecular weight is 229 g/mol. The van der Waals surface area contributed by atoms with Crippen LogP contribution in [-0.4, -0.2) is 16.6 Å². The first-order valence-electron chi connectivity index (χ1n) is 5.88. The third-order valence-corrected chi connectivity index (χ3v) is 3.19. The molecule has 0 radical (unpaired) electrons. The van der Waals surface area contributed by atoms with E-state index in [4.69, 9.17) is 5.73 Å². The van der Waals surface area contributed by atoms with Crippen LogP contribution in [0.5, 0.6) is 0 Å². The van der Waals surface area contributed by atoms with Crippen molar-refractivity contribution in [2.24, 2.45) is 5.73 Å². The van der Waals surface area contributed by atoms with E-state index in [1.165, 1.54) is 0 Å². The van der Waals surface area contributed by atoms with Crippen molar-refractivity contribution in [2.75, 3.05) is 5.32 Å². The summed E-state index contributed by atoms with van der Waals surface area (Å²) in [5.74, 6) is 0.867. The molecular formula is C14H19N3. The number of rotatable bonds is 3. The van der Waals surface area contributed by atoms with E-state index in [9.17, 15) is 0 Å². The average Bonchev–Trinajstić information content (AvgIpc) is 2.28. The van der Waals surface area contributed by atoms with Crippen molar-refractivity contribution in [3.05, 3.63) is 36.4 Å². The van der Waals surface area contributed by atoms with E-state index in [-0.39, 0.29) is 11.6 Å². The predicted molar refractivity (Wildman–Crippen MR) is 73.1 cm³/mol. The third kappa shape index (κ3) is 2.56. The molecule has 1 heterocycles. The van der Waals surface area contributed by atoms with Crippen LogP contribution in [0.2, 0.25) is 0 Å². The number of nitrogens with two attached hydrogens (primary N) is 1. The van der Waals surface area contributed by atoms with Crippen LogP contribution in [0.4, 0.5) is 5.82 Å². The Hall–Kier alpha value is -1.61. The number of pyridine rings is 1. The Morgan fingerprint density at radius 3 is 2.59 bits per heavy atom. The number of hydrogen-bond donors (Lipinski definition) is 2. The fraction of sp³-hybridized carbons (Fsp3) is 0.357. The molecule has 2 rings (SSSR count). The summed E-state index contributed by atoms with van der Waals surface area (Å²) in [6.45, 7) is 6.15. The number of aromatic nitrogens is 1. The van der Waals surface area contributed by atoms with Gasteiger partial charge in [-0.2, -0.15) is 0 Å². The summed E-state index contributed by atoms with van der Waals surface area (Å²) in [5.41, 5.74) is 6.77. The highest BCUT2D eigenvalue weighted by molar-refractivity contribution is 5.80. The Morgan fingerprint density at radius 1 is 1.18 bits per heavy atom. The molecule has 0 bridgehead atoms. The Bertz CT molecular complexity index is 518. The second-order valence-corrected chi connectivity index (χ2v) is 5.02. The highest BCUT2D eigenvalue weighted by atomic mass is 15.1. The normalized spacial score (nSPS) is 13.6. The number of anilines is 1. The van der Waals surface area contributed by atoms with Gasteiger partial charge in [0.05, 0.1) is 5.52 Å². The van der Waals surface area contributed by atoms with E-state index < -0.39 is 0 Å². The lowest BCUT2D eigenvalue weighted by Gasteiger charge is -2.30. The van der Waals surface area contributed by atoms with Crippen molar-refractivity contribution >= 4 is 16.7 Å². The van der Waals surface area contributed by atoms with Crippen molar-refractivity contribution in [3.63, 3.8) is 0 Å². The summed E-state index contributed by atoms with van der Waals surface area (Å²) < 4.78 is 0. The molecule has 0 spiro atoms. The minimum Gasteiger partial charge on any atom is -0.364 e. The van der Waals surface area contributed by atoms with Crippen LogP contribution in [0.3, 0.4) is 0 Å². The van der Waals surface area contributed by atoms with Crippen LogP contribution in [0.15, 0.2) is 36.4 Å². The van der Waals surface area contributed by atoms with E-state index in [2.05, 4.69) is 36.3 Å². The van der Waals surface area contributed by atoms with Crippen LogP contribution in [0, 0.1) is 0 Å². The Balaban J connectivity index is 2.31. The standard InChI is InChI=1S/C14H19N3/c1-10(15)14(2,3)17-13-9-8-11-6-4-5-7-12(11)16-13/h4-10H,15H2,1-3H3,(H,16,17). The van der Waals surface area contributed by atoms with Gasteiger partial charge in [0.25, 0.3) is 0 Å². The van der Waals surface area contributed by atoms with Gasteiger partial charge < -0.3 is 11.1 Å². The van der Waals surface area contributed by atoms with Gasteiger partial charge >= 0.3 is 0 Å². The summed E-state index contributed by atoms with van der Waals surface area (Å²) in [6.07, 6.45) is 0. The smallest absolute Gasteiger partial charge is 0.127 e. The monoisotopic (exact) mass is 229 g/mol. The van der Waals surface area contributed by atoms with Gasteiger partial charge in [0.2, 0.25) is 0 Å². The van der Waals surface area contributed by atoms with Gasteiger partial charge in [0.1, 0.15) is 5.82 Å². The maximum Gasteiger partial charge on any atom is 0.127 e. The van der Waals surface area contributed by atoms with Gasteiger partial charge in [0, 0.05) is 17.0 Å². The van der Waals surface area contributed by atoms with Gasteiger partial charge in [-0.1, -0.05) is 18.2 Å². The first-order valence-corrected chi connectivity index (χ1v) is 5.88. The zero-order valence-corrected chi connectivity index (χ0v) is 10.6. The van der Waals surface area contributed by atoms with Gasteiger partial charge in [-0.25, -0.2) is 4.98 Å². The molecule has 1 unspecified atom stereocenters.